The summed E-state index contributed by atoms with van der Waals surface area (Å²) in [4.78, 5) is 22.3. The standard InChI is InChI=1S/C14H11FN2O4/c15-10-3-1-8(2-4-10)5-9-7-16-17-13(9)11(18)6-12(19)14(20)21/h1-4,6-7,19H,5H2,(H,16,17)(H,20,21). The lowest BCUT2D eigenvalue weighted by molar-refractivity contribution is -0.135. The summed E-state index contributed by atoms with van der Waals surface area (Å²) in [7, 11) is 0. The van der Waals surface area contributed by atoms with Crippen LogP contribution >= 0.6 is 0 Å². The van der Waals surface area contributed by atoms with Crippen molar-refractivity contribution >= 4 is 11.8 Å². The number of nitrogens with zero attached hydrogens (tertiary/aromatic N) is 1. The minimum atomic E-state index is -1.59. The van der Waals surface area contributed by atoms with Crippen molar-refractivity contribution in [2.24, 2.45) is 0 Å². The predicted octanol–water partition coefficient (Wildman–Crippen LogP) is 1.85. The topological polar surface area (TPSA) is 103 Å². The van der Waals surface area contributed by atoms with Crippen LogP contribution in [0.4, 0.5) is 4.39 Å². The van der Waals surface area contributed by atoms with Gasteiger partial charge in [0.2, 0.25) is 11.5 Å². The molecule has 0 saturated heterocycles. The van der Waals surface area contributed by atoms with E-state index < -0.39 is 17.5 Å². The van der Waals surface area contributed by atoms with Crippen molar-refractivity contribution in [1.29, 1.82) is 0 Å². The third-order valence-electron chi connectivity index (χ3n) is 2.76. The number of carboxylic acids is 1. The molecule has 3 N–H and O–H groups in total. The molecule has 0 aliphatic heterocycles. The Bertz CT molecular complexity index is 704. The fraction of sp³-hybridized carbons (Fsp3) is 0.0714. The molecule has 0 spiro atoms. The minimum absolute atomic E-state index is 0.0760. The van der Waals surface area contributed by atoms with Gasteiger partial charge in [-0.05, 0) is 17.7 Å². The summed E-state index contributed by atoms with van der Waals surface area (Å²) in [5.74, 6) is -3.72. The van der Waals surface area contributed by atoms with Crippen LogP contribution in [0, 0.1) is 5.82 Å². The first-order valence-corrected chi connectivity index (χ1v) is 5.92. The van der Waals surface area contributed by atoms with E-state index in [4.69, 9.17) is 10.2 Å². The summed E-state index contributed by atoms with van der Waals surface area (Å²) in [6.45, 7) is 0. The Morgan fingerprint density at radius 2 is 1.90 bits per heavy atom. The highest BCUT2D eigenvalue weighted by Gasteiger charge is 2.15. The van der Waals surface area contributed by atoms with Crippen molar-refractivity contribution < 1.29 is 24.2 Å². The number of H-pyrrole nitrogens is 1. The highest BCUT2D eigenvalue weighted by Crippen LogP contribution is 2.14. The van der Waals surface area contributed by atoms with Crippen LogP contribution in [-0.4, -0.2) is 32.2 Å². The van der Waals surface area contributed by atoms with Gasteiger partial charge in [0.15, 0.2) is 0 Å². The first kappa shape index (κ1) is 14.4. The van der Waals surface area contributed by atoms with Gasteiger partial charge in [-0.2, -0.15) is 5.10 Å². The number of aromatic nitrogens is 2. The fourth-order valence-electron chi connectivity index (χ4n) is 1.74. The minimum Gasteiger partial charge on any atom is -0.502 e. The lowest BCUT2D eigenvalue weighted by Crippen LogP contribution is -2.06. The molecule has 0 aliphatic rings. The Morgan fingerprint density at radius 1 is 1.24 bits per heavy atom. The van der Waals surface area contributed by atoms with Crippen molar-refractivity contribution in [3.8, 4) is 0 Å². The van der Waals surface area contributed by atoms with E-state index in [0.29, 0.717) is 18.1 Å². The second-order valence-corrected chi connectivity index (χ2v) is 4.27. The van der Waals surface area contributed by atoms with Crippen LogP contribution in [0.1, 0.15) is 21.6 Å². The summed E-state index contributed by atoms with van der Waals surface area (Å²) < 4.78 is 12.8. The third-order valence-corrected chi connectivity index (χ3v) is 2.76. The summed E-state index contributed by atoms with van der Waals surface area (Å²) in [6, 6.07) is 5.74. The van der Waals surface area contributed by atoms with Gasteiger partial charge in [-0.25, -0.2) is 9.18 Å². The van der Waals surface area contributed by atoms with Crippen molar-refractivity contribution in [1.82, 2.24) is 10.2 Å². The van der Waals surface area contributed by atoms with Crippen molar-refractivity contribution in [2.45, 2.75) is 6.42 Å². The number of hydrogen-bond acceptors (Lipinski definition) is 4. The predicted molar refractivity (Wildman–Crippen MR) is 70.5 cm³/mol. The molecule has 2 rings (SSSR count). The summed E-state index contributed by atoms with van der Waals surface area (Å²) in [5, 5.41) is 23.8. The molecule has 6 nitrogen and oxygen atoms in total. The van der Waals surface area contributed by atoms with Gasteiger partial charge in [-0.15, -0.1) is 0 Å². The molecule has 0 aliphatic carbocycles. The summed E-state index contributed by atoms with van der Waals surface area (Å²) in [6.07, 6.45) is 2.34. The number of aliphatic carboxylic acids is 1. The number of carboxylic acid groups (broad SMARTS) is 1. The molecule has 0 amide bonds. The summed E-state index contributed by atoms with van der Waals surface area (Å²) in [5.41, 5.74) is 1.35. The molecule has 1 aromatic heterocycles. The van der Waals surface area contributed by atoms with Crippen LogP contribution in [0.15, 0.2) is 42.3 Å². The zero-order chi connectivity index (χ0) is 15.4. The van der Waals surface area contributed by atoms with Gasteiger partial charge in [-0.1, -0.05) is 12.1 Å². The number of nitrogens with one attached hydrogen (secondary N) is 1. The van der Waals surface area contributed by atoms with Gasteiger partial charge in [0.1, 0.15) is 11.5 Å². The van der Waals surface area contributed by atoms with Crippen LogP contribution < -0.4 is 0 Å². The zero-order valence-electron chi connectivity index (χ0n) is 10.7. The molecule has 0 atom stereocenters. The Labute approximate surface area is 118 Å². The molecule has 0 bridgehead atoms. The maximum absolute atomic E-state index is 12.8. The largest absolute Gasteiger partial charge is 0.502 e. The number of ketones is 1. The van der Waals surface area contributed by atoms with E-state index in [0.717, 1.165) is 5.56 Å². The quantitative estimate of drug-likeness (QED) is 0.443. The molecule has 0 radical (unpaired) electrons. The number of allylic oxidation sites excluding steroid dienone is 1. The van der Waals surface area contributed by atoms with Crippen LogP contribution in [0.3, 0.4) is 0 Å². The second-order valence-electron chi connectivity index (χ2n) is 4.27. The first-order valence-electron chi connectivity index (χ1n) is 5.92. The molecule has 21 heavy (non-hydrogen) atoms. The normalized spacial score (nSPS) is 11.4. The lowest BCUT2D eigenvalue weighted by atomic mass is 10.0. The Morgan fingerprint density at radius 3 is 2.52 bits per heavy atom. The molecule has 7 heteroatoms. The van der Waals surface area contributed by atoms with E-state index in [1.165, 1.54) is 18.3 Å². The number of carbonyl (C=O) groups excluding carboxylic acids is 1. The lowest BCUT2D eigenvalue weighted by Gasteiger charge is -2.01. The Balaban J connectivity index is 2.22. The monoisotopic (exact) mass is 290 g/mol. The molecular weight excluding hydrogens is 279 g/mol. The maximum Gasteiger partial charge on any atom is 0.371 e. The second kappa shape index (κ2) is 6.00. The number of hydrogen-bond donors (Lipinski definition) is 3. The van der Waals surface area contributed by atoms with E-state index in [1.54, 1.807) is 12.1 Å². The van der Waals surface area contributed by atoms with Crippen LogP contribution in [0.5, 0.6) is 0 Å². The maximum atomic E-state index is 12.8. The number of aliphatic hydroxyl groups is 1. The van der Waals surface area contributed by atoms with Gasteiger partial charge < -0.3 is 10.2 Å². The molecule has 2 aromatic rings. The molecule has 108 valence electrons. The average Bonchev–Trinajstić information content (AvgIpc) is 2.89. The van der Waals surface area contributed by atoms with Crippen LogP contribution in [-0.2, 0) is 11.2 Å². The number of benzene rings is 1. The Kier molecular flexibility index (Phi) is 4.13. The molecular formula is C14H11FN2O4. The van der Waals surface area contributed by atoms with Gasteiger partial charge >= 0.3 is 5.97 Å². The van der Waals surface area contributed by atoms with Crippen molar-refractivity contribution in [3.63, 3.8) is 0 Å². The molecule has 0 unspecified atom stereocenters. The average molecular weight is 290 g/mol. The van der Waals surface area contributed by atoms with Gasteiger partial charge in [-0.3, -0.25) is 9.89 Å². The van der Waals surface area contributed by atoms with Crippen LogP contribution in [0.2, 0.25) is 0 Å². The van der Waals surface area contributed by atoms with E-state index in [2.05, 4.69) is 10.2 Å². The number of rotatable bonds is 5. The van der Waals surface area contributed by atoms with Gasteiger partial charge in [0, 0.05) is 18.1 Å². The first-order chi connectivity index (χ1) is 9.97. The highest BCUT2D eigenvalue weighted by atomic mass is 19.1. The third kappa shape index (κ3) is 3.53. The highest BCUT2D eigenvalue weighted by molar-refractivity contribution is 6.07. The number of aromatic amines is 1. The fourth-order valence-corrected chi connectivity index (χ4v) is 1.74. The number of aliphatic hydroxyl groups excluding tert-OH is 1. The zero-order valence-corrected chi connectivity index (χ0v) is 10.7. The SMILES string of the molecule is O=C(O)C(O)=CC(=O)c1[nH]ncc1Cc1ccc(F)cc1. The van der Waals surface area contributed by atoms with Gasteiger partial charge in [0.25, 0.3) is 0 Å². The van der Waals surface area contributed by atoms with E-state index >= 15 is 0 Å². The van der Waals surface area contributed by atoms with E-state index in [9.17, 15) is 14.0 Å². The van der Waals surface area contributed by atoms with Crippen LogP contribution in [0.25, 0.3) is 0 Å². The number of carbonyl (C=O) groups is 2. The Hall–Kier alpha value is -2.96. The molecule has 1 heterocycles. The van der Waals surface area contributed by atoms with Crippen molar-refractivity contribution in [2.75, 3.05) is 0 Å². The molecule has 1 aromatic carbocycles. The smallest absolute Gasteiger partial charge is 0.371 e. The van der Waals surface area contributed by atoms with Gasteiger partial charge in [0.05, 0.1) is 6.20 Å². The molecule has 0 saturated carbocycles. The van der Waals surface area contributed by atoms with Crippen molar-refractivity contribution in [3.05, 3.63) is 64.9 Å². The number of halogens is 1. The van der Waals surface area contributed by atoms with E-state index in [1.807, 2.05) is 0 Å². The van der Waals surface area contributed by atoms with E-state index in [-0.39, 0.29) is 11.5 Å². The molecule has 0 fully saturated rings. The summed E-state index contributed by atoms with van der Waals surface area (Å²) >= 11 is 0.